The van der Waals surface area contributed by atoms with Crippen molar-refractivity contribution in [1.82, 2.24) is 24.3 Å². The van der Waals surface area contributed by atoms with Gasteiger partial charge in [-0.25, -0.2) is 9.97 Å². The molecule has 0 aromatic carbocycles. The lowest BCUT2D eigenvalue weighted by atomic mass is 9.84. The van der Waals surface area contributed by atoms with Gasteiger partial charge in [0, 0.05) is 44.7 Å². The highest BCUT2D eigenvalue weighted by Crippen LogP contribution is 2.42. The van der Waals surface area contributed by atoms with Crippen LogP contribution in [0.3, 0.4) is 0 Å². The second-order valence-corrected chi connectivity index (χ2v) is 9.13. The van der Waals surface area contributed by atoms with Crippen molar-refractivity contribution in [1.29, 1.82) is 0 Å². The minimum absolute atomic E-state index is 0.0465. The van der Waals surface area contributed by atoms with Crippen molar-refractivity contribution in [3.05, 3.63) is 42.4 Å². The average molecular weight is 447 g/mol. The Morgan fingerprint density at radius 3 is 2.64 bits per heavy atom. The molecule has 2 aromatic heterocycles. The summed E-state index contributed by atoms with van der Waals surface area (Å²) in [5.41, 5.74) is 11.4. The van der Waals surface area contributed by atoms with E-state index < -0.39 is 0 Å². The number of likely N-dealkylation sites (tertiary alicyclic amines) is 1. The molecule has 2 N–H and O–H groups in total. The van der Waals surface area contributed by atoms with Crippen LogP contribution in [0.4, 0.5) is 5.82 Å². The summed E-state index contributed by atoms with van der Waals surface area (Å²) in [4.78, 5) is 37.7. The highest BCUT2D eigenvalue weighted by atomic mass is 16.2. The first-order valence-corrected chi connectivity index (χ1v) is 11.7. The van der Waals surface area contributed by atoms with Crippen LogP contribution in [0.5, 0.6) is 0 Å². The molecule has 0 spiro atoms. The fraction of sp³-hybridized carbons (Fsp3) is 0.440. The van der Waals surface area contributed by atoms with E-state index in [1.165, 1.54) is 18.0 Å². The van der Waals surface area contributed by atoms with Gasteiger partial charge in [0.25, 0.3) is 0 Å². The molecular formula is C25H30N6O2. The number of aryl methyl sites for hydroxylation is 1. The molecule has 2 aromatic rings. The van der Waals surface area contributed by atoms with E-state index in [4.69, 9.17) is 5.73 Å². The molecule has 1 atom stereocenters. The van der Waals surface area contributed by atoms with Crippen molar-refractivity contribution in [3.63, 3.8) is 0 Å². The second kappa shape index (κ2) is 8.50. The van der Waals surface area contributed by atoms with Crippen LogP contribution in [0.2, 0.25) is 0 Å². The Labute approximate surface area is 193 Å². The van der Waals surface area contributed by atoms with Gasteiger partial charge in [0.05, 0.1) is 11.1 Å². The zero-order valence-corrected chi connectivity index (χ0v) is 19.1. The average Bonchev–Trinajstić information content (AvgIpc) is 3.59. The number of nitrogen functional groups attached to an aromatic ring is 1. The second-order valence-electron chi connectivity index (χ2n) is 9.13. The molecule has 172 valence electrons. The van der Waals surface area contributed by atoms with Crippen molar-refractivity contribution in [3.8, 4) is 0 Å². The summed E-state index contributed by atoms with van der Waals surface area (Å²) in [6, 6.07) is 0. The van der Waals surface area contributed by atoms with Crippen molar-refractivity contribution >= 4 is 39.8 Å². The standard InChI is InChI=1S/C25H30N6O2/c1-3-19(32)31-13-10-18(14-31)22-20(21-23(26)27-15-28-24(21)29(22)2)16-6-8-17(9-7-16)25(33)30-11-4-5-12-30/h3,6,10,15,17H,1,4-5,7-9,11-14H2,2H3,(H2,26,27,28)/t17-/m0/s1. The van der Waals surface area contributed by atoms with Gasteiger partial charge >= 0.3 is 0 Å². The lowest BCUT2D eigenvalue weighted by molar-refractivity contribution is -0.134. The number of amides is 2. The number of carbonyl (C=O) groups excluding carboxylic acids is 2. The van der Waals surface area contributed by atoms with Crippen molar-refractivity contribution in [2.45, 2.75) is 32.1 Å². The van der Waals surface area contributed by atoms with Gasteiger partial charge in [-0.2, -0.15) is 0 Å². The van der Waals surface area contributed by atoms with Crippen LogP contribution in [0, 0.1) is 5.92 Å². The molecule has 1 fully saturated rings. The van der Waals surface area contributed by atoms with Gasteiger partial charge in [-0.3, -0.25) is 9.59 Å². The van der Waals surface area contributed by atoms with Crippen LogP contribution < -0.4 is 5.73 Å². The van der Waals surface area contributed by atoms with Crippen LogP contribution in [0.1, 0.15) is 43.4 Å². The van der Waals surface area contributed by atoms with Crippen molar-refractivity contribution in [2.75, 3.05) is 31.9 Å². The smallest absolute Gasteiger partial charge is 0.246 e. The first-order chi connectivity index (χ1) is 16.0. The fourth-order valence-corrected chi connectivity index (χ4v) is 5.47. The van der Waals surface area contributed by atoms with Crippen LogP contribution in [-0.4, -0.2) is 62.3 Å². The van der Waals surface area contributed by atoms with E-state index in [0.717, 1.165) is 73.1 Å². The van der Waals surface area contributed by atoms with Gasteiger partial charge in [0.1, 0.15) is 17.8 Å². The number of carbonyl (C=O) groups is 2. The van der Waals surface area contributed by atoms with Crippen LogP contribution >= 0.6 is 0 Å². The molecule has 4 heterocycles. The third-order valence-corrected chi connectivity index (χ3v) is 7.21. The molecule has 0 radical (unpaired) electrons. The lowest BCUT2D eigenvalue weighted by Crippen LogP contribution is -2.34. The Morgan fingerprint density at radius 1 is 1.15 bits per heavy atom. The number of anilines is 1. The summed E-state index contributed by atoms with van der Waals surface area (Å²) >= 11 is 0. The molecule has 0 saturated carbocycles. The molecule has 3 aliphatic rings. The quantitative estimate of drug-likeness (QED) is 0.729. The van der Waals surface area contributed by atoms with Crippen LogP contribution in [0.15, 0.2) is 31.1 Å². The SMILES string of the molecule is C=CC(=O)N1CC=C(c2c(C3=CC[C@H](C(=O)N4CCCC4)CC3)c3c(N)ncnc3n2C)C1. The predicted octanol–water partition coefficient (Wildman–Crippen LogP) is 2.77. The maximum atomic E-state index is 12.9. The molecule has 1 saturated heterocycles. The van der Waals surface area contributed by atoms with E-state index in [0.29, 0.717) is 24.8 Å². The molecule has 0 bridgehead atoms. The molecule has 33 heavy (non-hydrogen) atoms. The highest BCUT2D eigenvalue weighted by molar-refractivity contribution is 6.03. The van der Waals surface area contributed by atoms with E-state index in [9.17, 15) is 9.59 Å². The highest BCUT2D eigenvalue weighted by Gasteiger charge is 2.32. The number of allylic oxidation sites excluding steroid dienone is 2. The monoisotopic (exact) mass is 446 g/mol. The number of rotatable bonds is 4. The number of aromatic nitrogens is 3. The molecular weight excluding hydrogens is 416 g/mol. The minimum Gasteiger partial charge on any atom is -0.383 e. The number of nitrogens with two attached hydrogens (primary N) is 1. The number of hydrogen-bond donors (Lipinski definition) is 1. The zero-order chi connectivity index (χ0) is 23.1. The van der Waals surface area contributed by atoms with Gasteiger partial charge < -0.3 is 20.1 Å². The molecule has 2 aliphatic heterocycles. The number of fused-ring (bicyclic) bond motifs is 1. The van der Waals surface area contributed by atoms with E-state index in [2.05, 4.69) is 33.3 Å². The lowest BCUT2D eigenvalue weighted by Gasteiger charge is -2.26. The van der Waals surface area contributed by atoms with E-state index in [-0.39, 0.29) is 11.8 Å². The summed E-state index contributed by atoms with van der Waals surface area (Å²) in [5, 5.41) is 0.847. The largest absolute Gasteiger partial charge is 0.383 e. The Balaban J connectivity index is 1.53. The Hall–Kier alpha value is -3.42. The normalized spacial score (nSPS) is 20.8. The van der Waals surface area contributed by atoms with Crippen LogP contribution in [-0.2, 0) is 16.6 Å². The summed E-state index contributed by atoms with van der Waals surface area (Å²) in [6.45, 7) is 6.46. The van der Waals surface area contributed by atoms with Gasteiger partial charge in [0.2, 0.25) is 11.8 Å². The summed E-state index contributed by atoms with van der Waals surface area (Å²) in [5.74, 6) is 0.706. The Kier molecular flexibility index (Phi) is 5.52. The third-order valence-electron chi connectivity index (χ3n) is 7.21. The number of hydrogen-bond acceptors (Lipinski definition) is 5. The first-order valence-electron chi connectivity index (χ1n) is 11.7. The van der Waals surface area contributed by atoms with E-state index >= 15 is 0 Å². The first kappa shape index (κ1) is 21.4. The molecule has 2 amide bonds. The maximum Gasteiger partial charge on any atom is 0.246 e. The van der Waals surface area contributed by atoms with E-state index in [1.54, 1.807) is 4.90 Å². The van der Waals surface area contributed by atoms with Crippen molar-refractivity contribution < 1.29 is 9.59 Å². The third kappa shape index (κ3) is 3.63. The number of nitrogens with zero attached hydrogens (tertiary/aromatic N) is 5. The topological polar surface area (TPSA) is 97.3 Å². The molecule has 8 nitrogen and oxygen atoms in total. The van der Waals surface area contributed by atoms with E-state index in [1.807, 2.05) is 11.9 Å². The zero-order valence-electron chi connectivity index (χ0n) is 19.1. The van der Waals surface area contributed by atoms with Crippen LogP contribution in [0.25, 0.3) is 22.2 Å². The molecule has 1 aliphatic carbocycles. The summed E-state index contributed by atoms with van der Waals surface area (Å²) < 4.78 is 2.05. The maximum absolute atomic E-state index is 12.9. The van der Waals surface area contributed by atoms with Gasteiger partial charge in [-0.1, -0.05) is 18.7 Å². The molecule has 8 heteroatoms. The van der Waals surface area contributed by atoms with Gasteiger partial charge in [0.15, 0.2) is 0 Å². The minimum atomic E-state index is -0.0824. The fourth-order valence-electron chi connectivity index (χ4n) is 5.47. The Morgan fingerprint density at radius 2 is 1.94 bits per heavy atom. The predicted molar refractivity (Wildman–Crippen MR) is 129 cm³/mol. The van der Waals surface area contributed by atoms with Crippen molar-refractivity contribution in [2.24, 2.45) is 13.0 Å². The van der Waals surface area contributed by atoms with Gasteiger partial charge in [-0.15, -0.1) is 0 Å². The molecule has 5 rings (SSSR count). The van der Waals surface area contributed by atoms with Gasteiger partial charge in [-0.05, 0) is 49.3 Å². The Bertz CT molecular complexity index is 1200. The summed E-state index contributed by atoms with van der Waals surface area (Å²) in [6.07, 6.45) is 11.7. The molecule has 0 unspecified atom stereocenters. The summed E-state index contributed by atoms with van der Waals surface area (Å²) in [7, 11) is 1.98.